The number of hydrogen-bond acceptors (Lipinski definition) is 2. The maximum absolute atomic E-state index is 10.8. The molecule has 2 aromatic carbocycles. The number of hydrogen-bond donors (Lipinski definition) is 1. The molecule has 0 spiro atoms. The molecule has 0 saturated heterocycles. The number of carboxylic acid groups (broad SMARTS) is 1. The largest absolute Gasteiger partial charge is 0.478 e. The molecule has 0 aliphatic rings. The molecule has 1 N–H and O–H groups in total. The van der Waals surface area contributed by atoms with Gasteiger partial charge in [0.25, 0.3) is 0 Å². The molecular formula is C18H15NO2. The Morgan fingerprint density at radius 3 is 2.33 bits per heavy atom. The predicted molar refractivity (Wildman–Crippen MR) is 82.1 cm³/mol. The van der Waals surface area contributed by atoms with Crippen LogP contribution in [0.3, 0.4) is 0 Å². The van der Waals surface area contributed by atoms with Gasteiger partial charge in [-0.15, -0.1) is 0 Å². The summed E-state index contributed by atoms with van der Waals surface area (Å²) in [5.41, 5.74) is 4.62. The first kappa shape index (κ1) is 14.5. The lowest BCUT2D eigenvalue weighted by atomic mass is 9.96. The van der Waals surface area contributed by atoms with Crippen LogP contribution in [0.1, 0.15) is 28.4 Å². The van der Waals surface area contributed by atoms with Gasteiger partial charge >= 0.3 is 5.97 Å². The average molecular weight is 277 g/mol. The average Bonchev–Trinajstić information content (AvgIpc) is 2.47. The molecule has 0 bridgehead atoms. The Bertz CT molecular complexity index is 737. The van der Waals surface area contributed by atoms with Gasteiger partial charge in [-0.3, -0.25) is 0 Å². The van der Waals surface area contributed by atoms with E-state index in [2.05, 4.69) is 12.6 Å². The highest BCUT2D eigenvalue weighted by molar-refractivity contribution is 5.88. The summed E-state index contributed by atoms with van der Waals surface area (Å²) in [6.07, 6.45) is 0.682. The van der Waals surface area contributed by atoms with Crippen molar-refractivity contribution in [1.29, 1.82) is 5.26 Å². The van der Waals surface area contributed by atoms with E-state index in [1.807, 2.05) is 25.1 Å². The van der Waals surface area contributed by atoms with Crippen molar-refractivity contribution >= 4 is 5.97 Å². The highest BCUT2D eigenvalue weighted by Crippen LogP contribution is 2.24. The predicted octanol–water partition coefficient (Wildman–Crippen LogP) is 4.04. The second-order valence-electron chi connectivity index (χ2n) is 5.00. The maximum atomic E-state index is 10.8. The minimum Gasteiger partial charge on any atom is -0.478 e. The van der Waals surface area contributed by atoms with E-state index in [4.69, 9.17) is 5.11 Å². The molecule has 0 radical (unpaired) electrons. The highest BCUT2D eigenvalue weighted by Gasteiger charge is 2.07. The fourth-order valence-electron chi connectivity index (χ4n) is 2.14. The van der Waals surface area contributed by atoms with Crippen molar-refractivity contribution in [2.75, 3.05) is 0 Å². The Balaban J connectivity index is 2.39. The first-order valence-corrected chi connectivity index (χ1v) is 6.52. The topological polar surface area (TPSA) is 61.1 Å². The molecule has 3 nitrogen and oxygen atoms in total. The van der Waals surface area contributed by atoms with E-state index in [0.29, 0.717) is 12.0 Å². The lowest BCUT2D eigenvalue weighted by Crippen LogP contribution is -1.95. The van der Waals surface area contributed by atoms with Gasteiger partial charge in [0.1, 0.15) is 0 Å². The first-order chi connectivity index (χ1) is 10.0. The molecule has 0 unspecified atom stereocenters. The minimum atomic E-state index is -0.948. The van der Waals surface area contributed by atoms with Gasteiger partial charge in [-0.25, -0.2) is 4.79 Å². The van der Waals surface area contributed by atoms with Crippen LogP contribution in [-0.2, 0) is 6.42 Å². The minimum absolute atomic E-state index is 0.248. The van der Waals surface area contributed by atoms with Crippen LogP contribution in [0.25, 0.3) is 11.1 Å². The van der Waals surface area contributed by atoms with Crippen molar-refractivity contribution < 1.29 is 9.90 Å². The second-order valence-corrected chi connectivity index (χ2v) is 5.00. The van der Waals surface area contributed by atoms with Crippen LogP contribution in [0, 0.1) is 11.3 Å². The van der Waals surface area contributed by atoms with E-state index in [0.717, 1.165) is 22.3 Å². The van der Waals surface area contributed by atoms with Gasteiger partial charge in [-0.1, -0.05) is 36.4 Å². The number of allylic oxidation sites excluding steroid dienone is 1. The van der Waals surface area contributed by atoms with Crippen LogP contribution in [0.15, 0.2) is 54.6 Å². The van der Waals surface area contributed by atoms with Gasteiger partial charge in [-0.2, -0.15) is 5.26 Å². The number of nitriles is 1. The fraction of sp³-hybridized carbons (Fsp3) is 0.111. The third-order valence-corrected chi connectivity index (χ3v) is 3.19. The molecule has 0 aromatic heterocycles. The van der Waals surface area contributed by atoms with Gasteiger partial charge in [0.2, 0.25) is 0 Å². The summed E-state index contributed by atoms with van der Waals surface area (Å²) < 4.78 is 0. The van der Waals surface area contributed by atoms with E-state index in [-0.39, 0.29) is 5.56 Å². The van der Waals surface area contributed by atoms with Crippen LogP contribution in [0.4, 0.5) is 0 Å². The summed E-state index contributed by atoms with van der Waals surface area (Å²) in [4.78, 5) is 10.8. The first-order valence-electron chi connectivity index (χ1n) is 6.52. The molecule has 3 heteroatoms. The monoisotopic (exact) mass is 277 g/mol. The van der Waals surface area contributed by atoms with Crippen LogP contribution in [-0.4, -0.2) is 11.1 Å². The smallest absolute Gasteiger partial charge is 0.335 e. The molecule has 2 aromatic rings. The van der Waals surface area contributed by atoms with Gasteiger partial charge in [0.15, 0.2) is 0 Å². The lowest BCUT2D eigenvalue weighted by Gasteiger charge is -2.07. The number of rotatable bonds is 4. The van der Waals surface area contributed by atoms with E-state index in [1.165, 1.54) is 0 Å². The number of carbonyl (C=O) groups is 1. The lowest BCUT2D eigenvalue weighted by molar-refractivity contribution is 0.0697. The van der Waals surface area contributed by atoms with Gasteiger partial charge in [-0.05, 0) is 48.2 Å². The Kier molecular flexibility index (Phi) is 4.20. The van der Waals surface area contributed by atoms with Crippen LogP contribution < -0.4 is 0 Å². The zero-order chi connectivity index (χ0) is 15.4. The van der Waals surface area contributed by atoms with Crippen molar-refractivity contribution in [3.63, 3.8) is 0 Å². The summed E-state index contributed by atoms with van der Waals surface area (Å²) >= 11 is 0. The van der Waals surface area contributed by atoms with E-state index in [1.54, 1.807) is 24.3 Å². The van der Waals surface area contributed by atoms with E-state index >= 15 is 0 Å². The molecule has 21 heavy (non-hydrogen) atoms. The number of benzene rings is 2. The zero-order valence-corrected chi connectivity index (χ0v) is 11.8. The SMILES string of the molecule is C=C(C)Cc1ccc(-c2ccc(C(=O)O)cc2)cc1C#N. The molecule has 104 valence electrons. The number of aromatic carboxylic acids is 1. The van der Waals surface area contributed by atoms with Crippen molar-refractivity contribution in [2.45, 2.75) is 13.3 Å². The van der Waals surface area contributed by atoms with Crippen molar-refractivity contribution in [3.05, 3.63) is 71.3 Å². The van der Waals surface area contributed by atoms with E-state index < -0.39 is 5.97 Å². The summed E-state index contributed by atoms with van der Waals surface area (Å²) in [6, 6.07) is 14.5. The van der Waals surface area contributed by atoms with Crippen LogP contribution >= 0.6 is 0 Å². The van der Waals surface area contributed by atoms with Crippen LogP contribution in [0.5, 0.6) is 0 Å². The van der Waals surface area contributed by atoms with Gasteiger partial charge in [0.05, 0.1) is 17.2 Å². The second kappa shape index (κ2) is 6.06. The van der Waals surface area contributed by atoms with Crippen molar-refractivity contribution in [1.82, 2.24) is 0 Å². The third kappa shape index (κ3) is 3.37. The molecule has 0 amide bonds. The Morgan fingerprint density at radius 1 is 1.19 bits per heavy atom. The molecule has 2 rings (SSSR count). The molecule has 0 atom stereocenters. The standard InChI is InChI=1S/C18H15NO2/c1-12(2)9-15-7-8-16(10-17(15)11-19)13-3-5-14(6-4-13)18(20)21/h3-8,10H,1,9H2,2H3,(H,20,21). The molecule has 0 saturated carbocycles. The van der Waals surface area contributed by atoms with Gasteiger partial charge < -0.3 is 5.11 Å². The third-order valence-electron chi connectivity index (χ3n) is 3.19. The molecule has 0 fully saturated rings. The molecule has 0 aliphatic heterocycles. The molecule has 0 aliphatic carbocycles. The normalized spacial score (nSPS) is 9.90. The fourth-order valence-corrected chi connectivity index (χ4v) is 2.14. The summed E-state index contributed by atoms with van der Waals surface area (Å²) in [5.74, 6) is -0.948. The van der Waals surface area contributed by atoms with E-state index in [9.17, 15) is 10.1 Å². The Morgan fingerprint density at radius 2 is 1.81 bits per heavy atom. The highest BCUT2D eigenvalue weighted by atomic mass is 16.4. The Hall–Kier alpha value is -2.86. The van der Waals surface area contributed by atoms with Crippen molar-refractivity contribution in [3.8, 4) is 17.2 Å². The summed E-state index contributed by atoms with van der Waals surface area (Å²) in [5, 5.41) is 18.2. The number of carboxylic acids is 1. The number of nitrogens with zero attached hydrogens (tertiary/aromatic N) is 1. The molecular weight excluding hydrogens is 262 g/mol. The Labute approximate surface area is 123 Å². The van der Waals surface area contributed by atoms with Crippen LogP contribution in [0.2, 0.25) is 0 Å². The van der Waals surface area contributed by atoms with Gasteiger partial charge in [0, 0.05) is 0 Å². The molecule has 0 heterocycles. The summed E-state index contributed by atoms with van der Waals surface area (Å²) in [6.45, 7) is 5.80. The quantitative estimate of drug-likeness (QED) is 0.858. The maximum Gasteiger partial charge on any atom is 0.335 e. The van der Waals surface area contributed by atoms with Crippen molar-refractivity contribution in [2.24, 2.45) is 0 Å². The zero-order valence-electron chi connectivity index (χ0n) is 11.8. The summed E-state index contributed by atoms with van der Waals surface area (Å²) in [7, 11) is 0.